The van der Waals surface area contributed by atoms with Gasteiger partial charge in [0, 0.05) is 11.1 Å². The van der Waals surface area contributed by atoms with Gasteiger partial charge in [0.25, 0.3) is 5.91 Å². The summed E-state index contributed by atoms with van der Waals surface area (Å²) in [6.45, 7) is 0. The van der Waals surface area contributed by atoms with Crippen LogP contribution in [-0.4, -0.2) is 25.1 Å². The van der Waals surface area contributed by atoms with Crippen molar-refractivity contribution in [2.45, 2.75) is 12.5 Å². The Morgan fingerprint density at radius 3 is 2.27 bits per heavy atom. The summed E-state index contributed by atoms with van der Waals surface area (Å²) in [6, 6.07) is 25.2. The van der Waals surface area contributed by atoms with Crippen molar-refractivity contribution < 1.29 is 14.3 Å². The summed E-state index contributed by atoms with van der Waals surface area (Å²) >= 11 is 0. The smallest absolute Gasteiger partial charge is 0.251 e. The first-order chi connectivity index (χ1) is 14.7. The molecule has 0 spiro atoms. The van der Waals surface area contributed by atoms with Gasteiger partial charge >= 0.3 is 0 Å². The molecule has 0 fully saturated rings. The highest BCUT2D eigenvalue weighted by molar-refractivity contribution is 5.94. The van der Waals surface area contributed by atoms with E-state index in [0.29, 0.717) is 11.3 Å². The quantitative estimate of drug-likeness (QED) is 0.446. The Morgan fingerprint density at radius 1 is 0.933 bits per heavy atom. The molecule has 0 unspecified atom stereocenters. The van der Waals surface area contributed by atoms with Gasteiger partial charge in [-0.1, -0.05) is 60.7 Å². The van der Waals surface area contributed by atoms with Gasteiger partial charge in [-0.2, -0.15) is 5.10 Å². The van der Waals surface area contributed by atoms with Crippen molar-refractivity contribution in [2.24, 2.45) is 5.10 Å². The summed E-state index contributed by atoms with van der Waals surface area (Å²) in [5, 5.41) is 6.95. The van der Waals surface area contributed by atoms with Gasteiger partial charge in [0.05, 0.1) is 25.8 Å². The van der Waals surface area contributed by atoms with E-state index in [4.69, 9.17) is 4.74 Å². The van der Waals surface area contributed by atoms with Gasteiger partial charge in [0.2, 0.25) is 5.91 Å². The van der Waals surface area contributed by atoms with Gasteiger partial charge in [-0.15, -0.1) is 0 Å². The van der Waals surface area contributed by atoms with Gasteiger partial charge in [0.1, 0.15) is 5.75 Å². The minimum Gasteiger partial charge on any atom is -0.496 e. The summed E-state index contributed by atoms with van der Waals surface area (Å²) in [4.78, 5) is 25.1. The van der Waals surface area contributed by atoms with Crippen LogP contribution in [0.25, 0.3) is 0 Å². The normalized spacial score (nSPS) is 11.6. The lowest BCUT2D eigenvalue weighted by Crippen LogP contribution is -2.32. The first-order valence-corrected chi connectivity index (χ1v) is 9.53. The van der Waals surface area contributed by atoms with E-state index in [1.807, 2.05) is 60.7 Å². The second-order valence-electron chi connectivity index (χ2n) is 6.54. The summed E-state index contributed by atoms with van der Waals surface area (Å²) in [7, 11) is 1.57. The Labute approximate surface area is 175 Å². The zero-order valence-electron chi connectivity index (χ0n) is 16.6. The van der Waals surface area contributed by atoms with Gasteiger partial charge < -0.3 is 10.1 Å². The molecule has 6 heteroatoms. The largest absolute Gasteiger partial charge is 0.496 e. The van der Waals surface area contributed by atoms with Crippen molar-refractivity contribution in [3.8, 4) is 5.75 Å². The van der Waals surface area contributed by atoms with E-state index >= 15 is 0 Å². The lowest BCUT2D eigenvalue weighted by atomic mass is 10.0. The molecule has 2 N–H and O–H groups in total. The maximum absolute atomic E-state index is 12.6. The van der Waals surface area contributed by atoms with E-state index < -0.39 is 6.04 Å². The molecule has 0 saturated carbocycles. The van der Waals surface area contributed by atoms with Crippen molar-refractivity contribution >= 4 is 18.0 Å². The van der Waals surface area contributed by atoms with Crippen molar-refractivity contribution in [2.75, 3.05) is 7.11 Å². The molecule has 6 nitrogen and oxygen atoms in total. The molecule has 1 atom stereocenters. The van der Waals surface area contributed by atoms with E-state index in [-0.39, 0.29) is 18.2 Å². The molecule has 3 aromatic rings. The zero-order chi connectivity index (χ0) is 21.2. The molecule has 0 bridgehead atoms. The molecule has 2 amide bonds. The molecule has 0 heterocycles. The van der Waals surface area contributed by atoms with Crippen molar-refractivity contribution in [3.05, 3.63) is 102 Å². The number of para-hydroxylation sites is 1. The highest BCUT2D eigenvalue weighted by Crippen LogP contribution is 2.18. The highest BCUT2D eigenvalue weighted by Gasteiger charge is 2.19. The zero-order valence-corrected chi connectivity index (χ0v) is 16.6. The van der Waals surface area contributed by atoms with Crippen LogP contribution in [-0.2, 0) is 4.79 Å². The molecule has 0 radical (unpaired) electrons. The summed E-state index contributed by atoms with van der Waals surface area (Å²) in [5.41, 5.74) is 4.64. The molecule has 0 saturated heterocycles. The number of hydrogen-bond donors (Lipinski definition) is 2. The summed E-state index contributed by atoms with van der Waals surface area (Å²) in [6.07, 6.45) is 1.57. The number of carbonyl (C=O) groups excluding carboxylic acids is 2. The number of hydrogen-bond acceptors (Lipinski definition) is 4. The topological polar surface area (TPSA) is 79.8 Å². The van der Waals surface area contributed by atoms with Crippen LogP contribution in [0.15, 0.2) is 90.0 Å². The van der Waals surface area contributed by atoms with Crippen LogP contribution in [0.3, 0.4) is 0 Å². The van der Waals surface area contributed by atoms with E-state index in [2.05, 4.69) is 15.8 Å². The molecule has 0 aliphatic carbocycles. The first-order valence-electron chi connectivity index (χ1n) is 9.53. The number of benzene rings is 3. The number of rotatable bonds is 8. The van der Waals surface area contributed by atoms with Gasteiger partial charge in [0.15, 0.2) is 0 Å². The lowest BCUT2D eigenvalue weighted by molar-refractivity contribution is -0.121. The Morgan fingerprint density at radius 2 is 1.57 bits per heavy atom. The third kappa shape index (κ3) is 5.78. The SMILES string of the molecule is COc1ccccc1/C=N\NC(=O)C[C@@H](NC(=O)c1ccccc1)c1ccccc1. The molecule has 3 aromatic carbocycles. The van der Waals surface area contributed by atoms with Gasteiger partial charge in [-0.25, -0.2) is 5.43 Å². The number of amides is 2. The van der Waals surface area contributed by atoms with E-state index in [1.54, 1.807) is 31.4 Å². The fraction of sp³-hybridized carbons (Fsp3) is 0.125. The molecular weight excluding hydrogens is 378 g/mol. The minimum atomic E-state index is -0.486. The monoisotopic (exact) mass is 401 g/mol. The highest BCUT2D eigenvalue weighted by atomic mass is 16.5. The molecular formula is C24H23N3O3. The molecule has 3 rings (SSSR count). The predicted octanol–water partition coefficient (Wildman–Crippen LogP) is 3.71. The van der Waals surface area contributed by atoms with Crippen LogP contribution in [0.5, 0.6) is 5.75 Å². The second-order valence-corrected chi connectivity index (χ2v) is 6.54. The number of nitrogens with zero attached hydrogens (tertiary/aromatic N) is 1. The molecule has 0 aliphatic heterocycles. The Kier molecular flexibility index (Phi) is 7.33. The van der Waals surface area contributed by atoms with E-state index in [0.717, 1.165) is 11.1 Å². The van der Waals surface area contributed by atoms with Crippen molar-refractivity contribution in [1.82, 2.24) is 10.7 Å². The van der Waals surface area contributed by atoms with Gasteiger partial charge in [-0.3, -0.25) is 9.59 Å². The molecule has 0 aliphatic rings. The average molecular weight is 401 g/mol. The van der Waals surface area contributed by atoms with Crippen LogP contribution in [0.2, 0.25) is 0 Å². The van der Waals surface area contributed by atoms with E-state index in [1.165, 1.54) is 6.21 Å². The fourth-order valence-electron chi connectivity index (χ4n) is 2.95. The molecule has 0 aromatic heterocycles. The van der Waals surface area contributed by atoms with Crippen LogP contribution in [0.1, 0.15) is 33.9 Å². The lowest BCUT2D eigenvalue weighted by Gasteiger charge is -2.18. The third-order valence-electron chi connectivity index (χ3n) is 4.46. The Balaban J connectivity index is 1.67. The Hall–Kier alpha value is -3.93. The molecule has 30 heavy (non-hydrogen) atoms. The second kappa shape index (κ2) is 10.6. The minimum absolute atomic E-state index is 0.0475. The van der Waals surface area contributed by atoms with Crippen LogP contribution in [0.4, 0.5) is 0 Å². The Bertz CT molecular complexity index is 1000. The summed E-state index contributed by atoms with van der Waals surface area (Å²) in [5.74, 6) is 0.103. The van der Waals surface area contributed by atoms with Crippen molar-refractivity contribution in [1.29, 1.82) is 0 Å². The van der Waals surface area contributed by atoms with Crippen LogP contribution in [0, 0.1) is 0 Å². The fourth-order valence-corrected chi connectivity index (χ4v) is 2.95. The standard InChI is InChI=1S/C24H23N3O3/c1-30-22-15-9-8-14-20(22)17-25-27-23(28)16-21(18-10-4-2-5-11-18)26-24(29)19-12-6-3-7-13-19/h2-15,17,21H,16H2,1H3,(H,26,29)(H,27,28)/b25-17-/t21-/m1/s1. The first kappa shape index (κ1) is 20.8. The number of nitrogens with one attached hydrogen (secondary N) is 2. The third-order valence-corrected chi connectivity index (χ3v) is 4.46. The predicted molar refractivity (Wildman–Crippen MR) is 116 cm³/mol. The van der Waals surface area contributed by atoms with Crippen LogP contribution < -0.4 is 15.5 Å². The molecule has 152 valence electrons. The maximum Gasteiger partial charge on any atom is 0.251 e. The number of hydrazone groups is 1. The maximum atomic E-state index is 12.6. The summed E-state index contributed by atoms with van der Waals surface area (Å²) < 4.78 is 5.26. The van der Waals surface area contributed by atoms with Crippen LogP contribution >= 0.6 is 0 Å². The van der Waals surface area contributed by atoms with Gasteiger partial charge in [-0.05, 0) is 29.8 Å². The number of ether oxygens (including phenoxy) is 1. The van der Waals surface area contributed by atoms with E-state index in [9.17, 15) is 9.59 Å². The average Bonchev–Trinajstić information content (AvgIpc) is 2.80. The number of carbonyl (C=O) groups is 2. The van der Waals surface area contributed by atoms with Crippen molar-refractivity contribution in [3.63, 3.8) is 0 Å². The number of methoxy groups -OCH3 is 1.